The minimum atomic E-state index is 0.265. The SMILES string of the molecule is CCC(=O)CCc1cccc(O)c1. The van der Waals surface area contributed by atoms with Crippen molar-refractivity contribution in [2.24, 2.45) is 0 Å². The topological polar surface area (TPSA) is 37.3 Å². The van der Waals surface area contributed by atoms with Crippen LogP contribution in [0.2, 0.25) is 0 Å². The summed E-state index contributed by atoms with van der Waals surface area (Å²) in [6, 6.07) is 7.04. The van der Waals surface area contributed by atoms with Crippen molar-refractivity contribution in [2.75, 3.05) is 0 Å². The highest BCUT2D eigenvalue weighted by atomic mass is 16.3. The summed E-state index contributed by atoms with van der Waals surface area (Å²) in [5.74, 6) is 0.532. The number of phenolic OH excluding ortho intramolecular Hbond substituents is 1. The first-order chi connectivity index (χ1) is 6.22. The van der Waals surface area contributed by atoms with Gasteiger partial charge in [-0.1, -0.05) is 19.1 Å². The largest absolute Gasteiger partial charge is 0.508 e. The Morgan fingerprint density at radius 3 is 2.85 bits per heavy atom. The fourth-order valence-electron chi connectivity index (χ4n) is 1.17. The summed E-state index contributed by atoms with van der Waals surface area (Å²) in [5.41, 5.74) is 1.02. The first-order valence-electron chi connectivity index (χ1n) is 4.52. The molecule has 1 rings (SSSR count). The molecule has 0 aliphatic heterocycles. The van der Waals surface area contributed by atoms with Gasteiger partial charge in [-0.05, 0) is 24.1 Å². The molecule has 0 fully saturated rings. The predicted octanol–water partition coefficient (Wildman–Crippen LogP) is 2.30. The number of benzene rings is 1. The molecule has 0 aromatic heterocycles. The van der Waals surface area contributed by atoms with E-state index in [0.717, 1.165) is 12.0 Å². The molecule has 0 unspecified atom stereocenters. The third kappa shape index (κ3) is 3.28. The van der Waals surface area contributed by atoms with Crippen molar-refractivity contribution in [2.45, 2.75) is 26.2 Å². The second-order valence-electron chi connectivity index (χ2n) is 3.06. The van der Waals surface area contributed by atoms with Crippen LogP contribution in [0, 0.1) is 0 Å². The molecule has 2 nitrogen and oxygen atoms in total. The lowest BCUT2D eigenvalue weighted by molar-refractivity contribution is -0.118. The van der Waals surface area contributed by atoms with Crippen LogP contribution in [-0.2, 0) is 11.2 Å². The quantitative estimate of drug-likeness (QED) is 0.768. The predicted molar refractivity (Wildman–Crippen MR) is 51.7 cm³/mol. The average Bonchev–Trinajstić information content (AvgIpc) is 2.14. The van der Waals surface area contributed by atoms with Crippen molar-refractivity contribution in [1.29, 1.82) is 0 Å². The summed E-state index contributed by atoms with van der Waals surface area (Å²) in [4.78, 5) is 11.0. The molecular formula is C11H14O2. The number of Topliss-reactive ketones (excluding diaryl/α,β-unsaturated/α-hetero) is 1. The molecule has 70 valence electrons. The molecule has 0 radical (unpaired) electrons. The second kappa shape index (κ2) is 4.65. The summed E-state index contributed by atoms with van der Waals surface area (Å²) in [6.07, 6.45) is 1.89. The Bertz CT molecular complexity index is 292. The molecular weight excluding hydrogens is 164 g/mol. The van der Waals surface area contributed by atoms with Crippen LogP contribution in [0.1, 0.15) is 25.3 Å². The Kier molecular flexibility index (Phi) is 3.50. The van der Waals surface area contributed by atoms with Crippen molar-refractivity contribution >= 4 is 5.78 Å². The number of ketones is 1. The fraction of sp³-hybridized carbons (Fsp3) is 0.364. The second-order valence-corrected chi connectivity index (χ2v) is 3.06. The van der Waals surface area contributed by atoms with Crippen LogP contribution in [0.4, 0.5) is 0 Å². The first-order valence-corrected chi connectivity index (χ1v) is 4.52. The van der Waals surface area contributed by atoms with Gasteiger partial charge in [0.1, 0.15) is 11.5 Å². The molecule has 1 N–H and O–H groups in total. The summed E-state index contributed by atoms with van der Waals surface area (Å²) in [5, 5.41) is 9.15. The maximum Gasteiger partial charge on any atom is 0.132 e. The Hall–Kier alpha value is -1.31. The molecule has 0 aliphatic carbocycles. The Morgan fingerprint density at radius 2 is 2.23 bits per heavy atom. The van der Waals surface area contributed by atoms with E-state index in [1.807, 2.05) is 13.0 Å². The lowest BCUT2D eigenvalue weighted by Gasteiger charge is -2.00. The molecule has 0 spiro atoms. The van der Waals surface area contributed by atoms with E-state index in [4.69, 9.17) is 5.11 Å². The van der Waals surface area contributed by atoms with Gasteiger partial charge in [0.15, 0.2) is 0 Å². The molecule has 0 atom stereocenters. The van der Waals surface area contributed by atoms with Crippen molar-refractivity contribution in [3.8, 4) is 5.75 Å². The third-order valence-electron chi connectivity index (χ3n) is 2.00. The molecule has 0 saturated heterocycles. The van der Waals surface area contributed by atoms with E-state index in [9.17, 15) is 4.79 Å². The smallest absolute Gasteiger partial charge is 0.132 e. The number of carbonyl (C=O) groups is 1. The van der Waals surface area contributed by atoms with E-state index in [1.54, 1.807) is 18.2 Å². The highest BCUT2D eigenvalue weighted by molar-refractivity contribution is 5.78. The fourth-order valence-corrected chi connectivity index (χ4v) is 1.17. The van der Waals surface area contributed by atoms with Gasteiger partial charge in [0.05, 0.1) is 0 Å². The summed E-state index contributed by atoms with van der Waals surface area (Å²) < 4.78 is 0. The van der Waals surface area contributed by atoms with Crippen LogP contribution in [0.15, 0.2) is 24.3 Å². The number of phenols is 1. The van der Waals surface area contributed by atoms with Gasteiger partial charge in [0.2, 0.25) is 0 Å². The standard InChI is InChI=1S/C11H14O2/c1-2-10(12)7-6-9-4-3-5-11(13)8-9/h3-5,8,13H,2,6-7H2,1H3. The van der Waals surface area contributed by atoms with E-state index in [-0.39, 0.29) is 11.5 Å². The van der Waals surface area contributed by atoms with Gasteiger partial charge in [0.25, 0.3) is 0 Å². The first kappa shape index (κ1) is 9.78. The zero-order valence-corrected chi connectivity index (χ0v) is 7.79. The molecule has 1 aromatic carbocycles. The summed E-state index contributed by atoms with van der Waals surface area (Å²) in [6.45, 7) is 1.87. The zero-order chi connectivity index (χ0) is 9.68. The van der Waals surface area contributed by atoms with E-state index >= 15 is 0 Å². The van der Waals surface area contributed by atoms with Gasteiger partial charge < -0.3 is 5.11 Å². The van der Waals surface area contributed by atoms with Gasteiger partial charge in [-0.25, -0.2) is 0 Å². The van der Waals surface area contributed by atoms with Gasteiger partial charge in [-0.3, -0.25) is 4.79 Å². The molecule has 0 amide bonds. The number of carbonyl (C=O) groups excluding carboxylic acids is 1. The van der Waals surface area contributed by atoms with Gasteiger partial charge in [0, 0.05) is 12.8 Å². The Balaban J connectivity index is 2.50. The van der Waals surface area contributed by atoms with E-state index in [1.165, 1.54) is 0 Å². The molecule has 13 heavy (non-hydrogen) atoms. The van der Waals surface area contributed by atoms with Crippen LogP contribution in [0.25, 0.3) is 0 Å². The van der Waals surface area contributed by atoms with Crippen LogP contribution < -0.4 is 0 Å². The van der Waals surface area contributed by atoms with Crippen LogP contribution in [0.3, 0.4) is 0 Å². The highest BCUT2D eigenvalue weighted by Gasteiger charge is 1.99. The highest BCUT2D eigenvalue weighted by Crippen LogP contribution is 2.12. The molecule has 2 heteroatoms. The maximum atomic E-state index is 11.0. The van der Waals surface area contributed by atoms with Crippen molar-refractivity contribution < 1.29 is 9.90 Å². The van der Waals surface area contributed by atoms with Crippen molar-refractivity contribution in [1.82, 2.24) is 0 Å². The maximum absolute atomic E-state index is 11.0. The minimum Gasteiger partial charge on any atom is -0.508 e. The number of aryl methyl sites for hydroxylation is 1. The number of aromatic hydroxyl groups is 1. The summed E-state index contributed by atoms with van der Waals surface area (Å²) >= 11 is 0. The van der Waals surface area contributed by atoms with Gasteiger partial charge >= 0.3 is 0 Å². The monoisotopic (exact) mass is 178 g/mol. The minimum absolute atomic E-state index is 0.265. The van der Waals surface area contributed by atoms with E-state index in [2.05, 4.69) is 0 Å². The lowest BCUT2D eigenvalue weighted by Crippen LogP contribution is -1.97. The normalized spacial score (nSPS) is 9.92. The number of hydrogen-bond acceptors (Lipinski definition) is 2. The van der Waals surface area contributed by atoms with Crippen molar-refractivity contribution in [3.05, 3.63) is 29.8 Å². The lowest BCUT2D eigenvalue weighted by atomic mass is 10.1. The van der Waals surface area contributed by atoms with Crippen LogP contribution in [0.5, 0.6) is 5.75 Å². The zero-order valence-electron chi connectivity index (χ0n) is 7.79. The molecule has 1 aromatic rings. The summed E-state index contributed by atoms with van der Waals surface area (Å²) in [7, 11) is 0. The number of hydrogen-bond donors (Lipinski definition) is 1. The van der Waals surface area contributed by atoms with Gasteiger partial charge in [-0.2, -0.15) is 0 Å². The van der Waals surface area contributed by atoms with E-state index in [0.29, 0.717) is 12.8 Å². The molecule has 0 saturated carbocycles. The third-order valence-corrected chi connectivity index (χ3v) is 2.00. The molecule has 0 bridgehead atoms. The van der Waals surface area contributed by atoms with E-state index < -0.39 is 0 Å². The van der Waals surface area contributed by atoms with Crippen LogP contribution in [-0.4, -0.2) is 10.9 Å². The van der Waals surface area contributed by atoms with Crippen molar-refractivity contribution in [3.63, 3.8) is 0 Å². The van der Waals surface area contributed by atoms with Gasteiger partial charge in [-0.15, -0.1) is 0 Å². The molecule has 0 aliphatic rings. The average molecular weight is 178 g/mol. The Labute approximate surface area is 78.2 Å². The Morgan fingerprint density at radius 1 is 1.46 bits per heavy atom. The molecule has 0 heterocycles. The van der Waals surface area contributed by atoms with Crippen LogP contribution >= 0.6 is 0 Å². The number of rotatable bonds is 4.